The maximum atomic E-state index is 12.5. The summed E-state index contributed by atoms with van der Waals surface area (Å²) in [6.45, 7) is 0. The summed E-state index contributed by atoms with van der Waals surface area (Å²) >= 11 is 0. The van der Waals surface area contributed by atoms with Crippen molar-refractivity contribution in [3.8, 4) is 0 Å². The minimum absolute atomic E-state index is 0.303. The number of amides is 1. The second-order valence-corrected chi connectivity index (χ2v) is 5.03. The molecule has 1 aromatic carbocycles. The number of nitrogens with one attached hydrogen (secondary N) is 2. The highest BCUT2D eigenvalue weighted by Crippen LogP contribution is 2.29. The van der Waals surface area contributed by atoms with Gasteiger partial charge in [-0.25, -0.2) is 5.43 Å². The third-order valence-corrected chi connectivity index (χ3v) is 3.48. The topological polar surface area (TPSA) is 58.9 Å². The van der Waals surface area contributed by atoms with Gasteiger partial charge in [-0.3, -0.25) is 14.9 Å². The van der Waals surface area contributed by atoms with Gasteiger partial charge in [-0.1, -0.05) is 12.1 Å². The normalized spacial score (nSPS) is 11.5. The van der Waals surface area contributed by atoms with Gasteiger partial charge in [0.05, 0.1) is 23.0 Å². The number of aryl methyl sites for hydroxylation is 2. The lowest BCUT2D eigenvalue weighted by molar-refractivity contribution is -0.137. The van der Waals surface area contributed by atoms with E-state index in [1.54, 1.807) is 18.8 Å². The summed E-state index contributed by atoms with van der Waals surface area (Å²) in [5.41, 5.74) is 6.28. The largest absolute Gasteiger partial charge is 0.416 e. The van der Waals surface area contributed by atoms with Gasteiger partial charge in [0.15, 0.2) is 0 Å². The minimum Gasteiger partial charge on any atom is -0.288 e. The summed E-state index contributed by atoms with van der Waals surface area (Å²) in [6, 6.07) is 5.03. The van der Waals surface area contributed by atoms with Crippen LogP contribution >= 0.6 is 0 Å². The number of benzene rings is 1. The van der Waals surface area contributed by atoms with E-state index in [4.69, 9.17) is 0 Å². The lowest BCUT2D eigenvalue weighted by Gasteiger charge is -2.09. The van der Waals surface area contributed by atoms with Crippen LogP contribution in [0, 0.1) is 0 Å². The molecule has 0 aliphatic rings. The van der Waals surface area contributed by atoms with Crippen LogP contribution in [0.25, 0.3) is 0 Å². The van der Waals surface area contributed by atoms with Gasteiger partial charge in [0.1, 0.15) is 0 Å². The number of hydrogen-bond acceptors (Lipinski definition) is 3. The molecule has 0 aliphatic carbocycles. The molecule has 0 radical (unpaired) electrons. The van der Waals surface area contributed by atoms with Crippen LogP contribution in [0.15, 0.2) is 30.5 Å². The van der Waals surface area contributed by atoms with Crippen LogP contribution in [0.5, 0.6) is 0 Å². The molecule has 0 saturated heterocycles. The Hall–Kier alpha value is -2.35. The summed E-state index contributed by atoms with van der Waals surface area (Å²) in [5.74, 6) is -0.303. The Morgan fingerprint density at radius 2 is 1.87 bits per heavy atom. The molecule has 0 aliphatic heterocycles. The van der Waals surface area contributed by atoms with Crippen molar-refractivity contribution in [3.63, 3.8) is 0 Å². The Morgan fingerprint density at radius 1 is 1.22 bits per heavy atom. The minimum atomic E-state index is -4.33. The first kappa shape index (κ1) is 17.0. The fourth-order valence-electron chi connectivity index (χ4n) is 2.25. The molecule has 2 N–H and O–H groups in total. The van der Waals surface area contributed by atoms with Gasteiger partial charge in [0.25, 0.3) is 5.91 Å². The van der Waals surface area contributed by atoms with E-state index in [1.165, 1.54) is 18.3 Å². The average molecular weight is 326 g/mol. The maximum Gasteiger partial charge on any atom is 0.416 e. The van der Waals surface area contributed by atoms with Crippen LogP contribution in [-0.2, 0) is 26.1 Å². The third-order valence-electron chi connectivity index (χ3n) is 3.48. The molecule has 0 fully saturated rings. The first-order valence-electron chi connectivity index (χ1n) is 6.97. The van der Waals surface area contributed by atoms with E-state index in [9.17, 15) is 18.0 Å². The lowest BCUT2D eigenvalue weighted by Crippen LogP contribution is -2.34. The van der Waals surface area contributed by atoms with Crippen LogP contribution in [0.4, 0.5) is 13.2 Å². The van der Waals surface area contributed by atoms with Crippen LogP contribution in [-0.4, -0.2) is 22.7 Å². The highest BCUT2D eigenvalue weighted by Gasteiger charge is 2.29. The van der Waals surface area contributed by atoms with E-state index in [-0.39, 0.29) is 5.91 Å². The quantitative estimate of drug-likeness (QED) is 0.827. The van der Waals surface area contributed by atoms with Crippen molar-refractivity contribution in [2.24, 2.45) is 7.05 Å². The highest BCUT2D eigenvalue weighted by molar-refractivity contribution is 5.94. The predicted octanol–water partition coefficient (Wildman–Crippen LogP) is 2.09. The molecule has 2 rings (SSSR count). The molecule has 2 aromatic rings. The summed E-state index contributed by atoms with van der Waals surface area (Å²) in [4.78, 5) is 11.9. The van der Waals surface area contributed by atoms with Gasteiger partial charge >= 0.3 is 6.18 Å². The molecule has 1 amide bonds. The first-order valence-corrected chi connectivity index (χ1v) is 6.97. The smallest absolute Gasteiger partial charge is 0.288 e. The lowest BCUT2D eigenvalue weighted by atomic mass is 10.0. The van der Waals surface area contributed by atoms with Gasteiger partial charge in [0.2, 0.25) is 0 Å². The van der Waals surface area contributed by atoms with Gasteiger partial charge in [-0.2, -0.15) is 18.3 Å². The summed E-state index contributed by atoms with van der Waals surface area (Å²) < 4.78 is 39.2. The van der Waals surface area contributed by atoms with Crippen LogP contribution in [0.2, 0.25) is 0 Å². The van der Waals surface area contributed by atoms with E-state index >= 15 is 0 Å². The molecule has 0 atom stereocenters. The summed E-state index contributed by atoms with van der Waals surface area (Å²) in [6.07, 6.45) is -1.86. The van der Waals surface area contributed by atoms with E-state index in [0.29, 0.717) is 18.4 Å². The molecule has 0 spiro atoms. The standard InChI is InChI=1S/C15H17F3N4O/c1-19-21-14(23)12-9-20-22(2)13(12)8-5-10-3-6-11(7-4-10)15(16,17)18/h3-4,6-7,9,19H,5,8H2,1-2H3,(H,21,23). The summed E-state index contributed by atoms with van der Waals surface area (Å²) in [7, 11) is 3.30. The molecule has 0 unspecified atom stereocenters. The number of halogens is 3. The molecular weight excluding hydrogens is 309 g/mol. The number of rotatable bonds is 5. The molecule has 1 aromatic heterocycles. The third kappa shape index (κ3) is 4.10. The summed E-state index contributed by atoms with van der Waals surface area (Å²) in [5, 5.41) is 4.06. The van der Waals surface area contributed by atoms with E-state index in [1.807, 2.05) is 0 Å². The molecule has 5 nitrogen and oxygen atoms in total. The zero-order valence-electron chi connectivity index (χ0n) is 12.7. The van der Waals surface area contributed by atoms with Gasteiger partial charge in [0, 0.05) is 14.1 Å². The van der Waals surface area contributed by atoms with Gasteiger partial charge in [-0.15, -0.1) is 0 Å². The van der Waals surface area contributed by atoms with E-state index < -0.39 is 11.7 Å². The maximum absolute atomic E-state index is 12.5. The van der Waals surface area contributed by atoms with Crippen molar-refractivity contribution >= 4 is 5.91 Å². The van der Waals surface area contributed by atoms with Crippen LogP contribution in [0.3, 0.4) is 0 Å². The average Bonchev–Trinajstić information content (AvgIpc) is 2.86. The van der Waals surface area contributed by atoms with Crippen molar-refractivity contribution in [1.29, 1.82) is 0 Å². The number of nitrogens with zero attached hydrogens (tertiary/aromatic N) is 2. The fraction of sp³-hybridized carbons (Fsp3) is 0.333. The Balaban J connectivity index is 2.09. The number of carbonyl (C=O) groups is 1. The Morgan fingerprint density at radius 3 is 2.43 bits per heavy atom. The monoisotopic (exact) mass is 326 g/mol. The zero-order chi connectivity index (χ0) is 17.0. The van der Waals surface area contributed by atoms with Crippen molar-refractivity contribution in [1.82, 2.24) is 20.6 Å². The predicted molar refractivity (Wildman–Crippen MR) is 78.6 cm³/mol. The molecule has 124 valence electrons. The molecular formula is C15H17F3N4O. The molecule has 0 saturated carbocycles. The second kappa shape index (κ2) is 6.82. The van der Waals surface area contributed by atoms with Crippen molar-refractivity contribution in [2.75, 3.05) is 7.05 Å². The molecule has 0 bridgehead atoms. The number of hydrazine groups is 1. The van der Waals surface area contributed by atoms with Crippen molar-refractivity contribution < 1.29 is 18.0 Å². The fourth-order valence-corrected chi connectivity index (χ4v) is 2.25. The highest BCUT2D eigenvalue weighted by atomic mass is 19.4. The van der Waals surface area contributed by atoms with E-state index in [2.05, 4.69) is 16.0 Å². The van der Waals surface area contributed by atoms with Crippen LogP contribution < -0.4 is 10.9 Å². The first-order chi connectivity index (χ1) is 10.8. The molecule has 8 heteroatoms. The zero-order valence-corrected chi connectivity index (χ0v) is 12.7. The number of carbonyl (C=O) groups excluding carboxylic acids is 1. The molecule has 1 heterocycles. The Kier molecular flexibility index (Phi) is 5.05. The van der Waals surface area contributed by atoms with Gasteiger partial charge < -0.3 is 0 Å². The SMILES string of the molecule is CNNC(=O)c1cnn(C)c1CCc1ccc(C(F)(F)F)cc1. The van der Waals surface area contributed by atoms with E-state index in [0.717, 1.165) is 23.4 Å². The second-order valence-electron chi connectivity index (χ2n) is 5.03. The number of alkyl halides is 3. The Bertz CT molecular complexity index is 677. The van der Waals surface area contributed by atoms with Crippen molar-refractivity contribution in [2.45, 2.75) is 19.0 Å². The van der Waals surface area contributed by atoms with Crippen molar-refractivity contribution in [3.05, 3.63) is 52.8 Å². The number of aromatic nitrogens is 2. The Labute approximate surface area is 131 Å². The van der Waals surface area contributed by atoms with Gasteiger partial charge in [-0.05, 0) is 30.5 Å². The number of hydrogen-bond donors (Lipinski definition) is 2. The molecule has 23 heavy (non-hydrogen) atoms. The van der Waals surface area contributed by atoms with Crippen LogP contribution in [0.1, 0.15) is 27.2 Å².